The van der Waals surface area contributed by atoms with Crippen LogP contribution in [0.3, 0.4) is 0 Å². The van der Waals surface area contributed by atoms with E-state index < -0.39 is 5.82 Å². The molecule has 1 heterocycles. The first kappa shape index (κ1) is 18.2. The summed E-state index contributed by atoms with van der Waals surface area (Å²) in [4.78, 5) is 14.4. The smallest absolute Gasteiger partial charge is 0.247 e. The minimum absolute atomic E-state index is 0.0299. The highest BCUT2D eigenvalue weighted by Crippen LogP contribution is 2.32. The average molecular weight is 369 g/mol. The molecule has 1 aliphatic rings. The number of hydrogen-bond acceptors (Lipinski definition) is 2. The maximum atomic E-state index is 14.5. The number of rotatable bonds is 4. The fraction of sp³-hybridized carbons (Fsp3) is 0.238. The Labute approximate surface area is 157 Å². The van der Waals surface area contributed by atoms with Crippen molar-refractivity contribution in [3.05, 3.63) is 76.1 Å². The Morgan fingerprint density at radius 3 is 2.65 bits per heavy atom. The van der Waals surface area contributed by atoms with Crippen molar-refractivity contribution in [2.75, 3.05) is 6.54 Å². The molecule has 3 rings (SSSR count). The summed E-state index contributed by atoms with van der Waals surface area (Å²) in [5.41, 5.74) is 2.02. The second kappa shape index (κ2) is 7.72. The monoisotopic (exact) mass is 368 g/mol. The minimum atomic E-state index is -0.643. The standard InChI is InChI=1S/C21H18ClFN2O/c1-14(11-15-5-3-2-4-6-15)25-10-9-16(12-19(25)26)20-17(13-24)7-8-18(22)21(20)23/h2-8,12,14H,9-11H2,1H3. The third-order valence-corrected chi connectivity index (χ3v) is 4.94. The molecule has 1 aliphatic heterocycles. The van der Waals surface area contributed by atoms with Crippen molar-refractivity contribution in [3.63, 3.8) is 0 Å². The maximum Gasteiger partial charge on any atom is 0.247 e. The first-order valence-electron chi connectivity index (χ1n) is 8.45. The number of halogens is 2. The van der Waals surface area contributed by atoms with E-state index in [1.165, 1.54) is 18.2 Å². The van der Waals surface area contributed by atoms with Gasteiger partial charge < -0.3 is 4.90 Å². The van der Waals surface area contributed by atoms with E-state index in [1.807, 2.05) is 43.3 Å². The lowest BCUT2D eigenvalue weighted by Gasteiger charge is -2.32. The number of amides is 1. The predicted molar refractivity (Wildman–Crippen MR) is 100 cm³/mol. The molecule has 5 heteroatoms. The van der Waals surface area contributed by atoms with Crippen molar-refractivity contribution in [1.29, 1.82) is 5.26 Å². The summed E-state index contributed by atoms with van der Waals surface area (Å²) in [7, 11) is 0. The van der Waals surface area contributed by atoms with Crippen LogP contribution in [0.1, 0.15) is 30.0 Å². The summed E-state index contributed by atoms with van der Waals surface area (Å²) >= 11 is 5.86. The van der Waals surface area contributed by atoms with Gasteiger partial charge in [0, 0.05) is 24.2 Å². The zero-order valence-corrected chi connectivity index (χ0v) is 15.1. The first-order valence-corrected chi connectivity index (χ1v) is 8.82. The molecule has 0 fully saturated rings. The largest absolute Gasteiger partial charge is 0.336 e. The van der Waals surface area contributed by atoms with Crippen LogP contribution in [0.5, 0.6) is 0 Å². The van der Waals surface area contributed by atoms with Crippen LogP contribution >= 0.6 is 11.6 Å². The lowest BCUT2D eigenvalue weighted by molar-refractivity contribution is -0.128. The van der Waals surface area contributed by atoms with Gasteiger partial charge in [-0.05, 0) is 43.0 Å². The molecular formula is C21H18ClFN2O. The Bertz CT molecular complexity index is 902. The highest BCUT2D eigenvalue weighted by atomic mass is 35.5. The molecule has 1 unspecified atom stereocenters. The third-order valence-electron chi connectivity index (χ3n) is 4.65. The predicted octanol–water partition coefficient (Wildman–Crippen LogP) is 4.60. The van der Waals surface area contributed by atoms with Gasteiger partial charge in [-0.3, -0.25) is 4.79 Å². The van der Waals surface area contributed by atoms with Crippen LogP contribution in [0.25, 0.3) is 5.57 Å². The molecule has 26 heavy (non-hydrogen) atoms. The third kappa shape index (κ3) is 3.63. The van der Waals surface area contributed by atoms with Gasteiger partial charge in [0.25, 0.3) is 0 Å². The molecule has 0 aliphatic carbocycles. The fourth-order valence-electron chi connectivity index (χ4n) is 3.31. The van der Waals surface area contributed by atoms with E-state index in [2.05, 4.69) is 0 Å². The molecule has 1 amide bonds. The fourth-order valence-corrected chi connectivity index (χ4v) is 3.47. The Morgan fingerprint density at radius 1 is 1.27 bits per heavy atom. The van der Waals surface area contributed by atoms with Gasteiger partial charge in [-0.15, -0.1) is 0 Å². The zero-order valence-electron chi connectivity index (χ0n) is 14.4. The van der Waals surface area contributed by atoms with Crippen molar-refractivity contribution >= 4 is 23.1 Å². The zero-order chi connectivity index (χ0) is 18.7. The first-order chi connectivity index (χ1) is 12.5. The van der Waals surface area contributed by atoms with Gasteiger partial charge in [-0.25, -0.2) is 4.39 Å². The molecule has 132 valence electrons. The van der Waals surface area contributed by atoms with Crippen LogP contribution in [0.4, 0.5) is 4.39 Å². The van der Waals surface area contributed by atoms with Gasteiger partial charge in [-0.2, -0.15) is 5.26 Å². The summed E-state index contributed by atoms with van der Waals surface area (Å²) in [6.07, 6.45) is 2.67. The van der Waals surface area contributed by atoms with Gasteiger partial charge in [0.05, 0.1) is 16.7 Å². The van der Waals surface area contributed by atoms with Crippen molar-refractivity contribution < 1.29 is 9.18 Å². The molecular weight excluding hydrogens is 351 g/mol. The van der Waals surface area contributed by atoms with Crippen LogP contribution in [-0.2, 0) is 11.2 Å². The number of carbonyl (C=O) groups is 1. The molecule has 0 saturated carbocycles. The molecule has 1 atom stereocenters. The Balaban J connectivity index is 1.84. The van der Waals surface area contributed by atoms with Gasteiger partial charge in [0.1, 0.15) is 0 Å². The van der Waals surface area contributed by atoms with E-state index in [-0.39, 0.29) is 28.1 Å². The summed E-state index contributed by atoms with van der Waals surface area (Å²) in [6, 6.07) is 14.8. The Hall–Kier alpha value is -2.64. The summed E-state index contributed by atoms with van der Waals surface area (Å²) < 4.78 is 14.5. The van der Waals surface area contributed by atoms with E-state index in [0.29, 0.717) is 18.5 Å². The van der Waals surface area contributed by atoms with E-state index in [9.17, 15) is 14.4 Å². The quantitative estimate of drug-likeness (QED) is 0.791. The number of hydrogen-bond donors (Lipinski definition) is 0. The molecule has 0 spiro atoms. The lowest BCUT2D eigenvalue weighted by Crippen LogP contribution is -2.41. The van der Waals surface area contributed by atoms with Gasteiger partial charge in [0.15, 0.2) is 5.82 Å². The van der Waals surface area contributed by atoms with Crippen LogP contribution in [-0.4, -0.2) is 23.4 Å². The number of carbonyl (C=O) groups excluding carboxylic acids is 1. The molecule has 0 saturated heterocycles. The van der Waals surface area contributed by atoms with Gasteiger partial charge in [-0.1, -0.05) is 41.9 Å². The van der Waals surface area contributed by atoms with Crippen LogP contribution < -0.4 is 0 Å². The van der Waals surface area contributed by atoms with Crippen LogP contribution in [0, 0.1) is 17.1 Å². The topological polar surface area (TPSA) is 44.1 Å². The summed E-state index contributed by atoms with van der Waals surface area (Å²) in [6.45, 7) is 2.49. The normalized spacial score (nSPS) is 15.4. The van der Waals surface area contributed by atoms with Crippen LogP contribution in [0.15, 0.2) is 48.5 Å². The van der Waals surface area contributed by atoms with E-state index in [0.717, 1.165) is 12.0 Å². The maximum absolute atomic E-state index is 14.5. The highest BCUT2D eigenvalue weighted by molar-refractivity contribution is 6.31. The average Bonchev–Trinajstić information content (AvgIpc) is 2.64. The Kier molecular flexibility index (Phi) is 5.39. The summed E-state index contributed by atoms with van der Waals surface area (Å²) in [5, 5.41) is 9.20. The van der Waals surface area contributed by atoms with Gasteiger partial charge in [0.2, 0.25) is 5.91 Å². The summed E-state index contributed by atoms with van der Waals surface area (Å²) in [5.74, 6) is -0.812. The molecule has 2 aromatic carbocycles. The van der Waals surface area contributed by atoms with E-state index in [1.54, 1.807) is 4.90 Å². The molecule has 0 aromatic heterocycles. The van der Waals surface area contributed by atoms with Gasteiger partial charge >= 0.3 is 0 Å². The van der Waals surface area contributed by atoms with Crippen LogP contribution in [0.2, 0.25) is 5.02 Å². The molecule has 2 aromatic rings. The highest BCUT2D eigenvalue weighted by Gasteiger charge is 2.26. The number of nitriles is 1. The molecule has 0 bridgehead atoms. The minimum Gasteiger partial charge on any atom is -0.336 e. The van der Waals surface area contributed by atoms with E-state index >= 15 is 0 Å². The second-order valence-electron chi connectivity index (χ2n) is 6.39. The molecule has 0 radical (unpaired) electrons. The Morgan fingerprint density at radius 2 is 2.00 bits per heavy atom. The SMILES string of the molecule is CC(Cc1ccccc1)N1CCC(c2c(C#N)ccc(Cl)c2F)=CC1=O. The number of nitrogens with zero attached hydrogens (tertiary/aromatic N) is 2. The van der Waals surface area contributed by atoms with Crippen molar-refractivity contribution in [3.8, 4) is 6.07 Å². The van der Waals surface area contributed by atoms with E-state index in [4.69, 9.17) is 11.6 Å². The second-order valence-corrected chi connectivity index (χ2v) is 6.79. The van der Waals surface area contributed by atoms with Crippen molar-refractivity contribution in [1.82, 2.24) is 4.90 Å². The molecule has 3 nitrogen and oxygen atoms in total. The van der Waals surface area contributed by atoms with Crippen molar-refractivity contribution in [2.45, 2.75) is 25.8 Å². The van der Waals surface area contributed by atoms with Crippen molar-refractivity contribution in [2.24, 2.45) is 0 Å². The molecule has 0 N–H and O–H groups in total. The number of benzene rings is 2. The lowest BCUT2D eigenvalue weighted by atomic mass is 9.93.